The van der Waals surface area contributed by atoms with Gasteiger partial charge in [-0.2, -0.15) is 0 Å². The normalized spacial score (nSPS) is 11.2. The van der Waals surface area contributed by atoms with E-state index in [4.69, 9.17) is 0 Å². The molecule has 20 heavy (non-hydrogen) atoms. The van der Waals surface area contributed by atoms with Crippen molar-refractivity contribution in [3.05, 3.63) is 65.9 Å². The van der Waals surface area contributed by atoms with Crippen molar-refractivity contribution in [3.63, 3.8) is 0 Å². The smallest absolute Gasteiger partial charge is 0.124 e. The van der Waals surface area contributed by atoms with E-state index in [1.807, 2.05) is 18.2 Å². The van der Waals surface area contributed by atoms with Crippen LogP contribution in [0.2, 0.25) is 0 Å². The average molecular weight is 268 g/mol. The van der Waals surface area contributed by atoms with E-state index in [-0.39, 0.29) is 11.5 Å². The fourth-order valence-electron chi connectivity index (χ4n) is 1.62. The molecule has 2 aromatic rings. The lowest BCUT2D eigenvalue weighted by atomic mass is 10.2. The Balaban J connectivity index is 1.82. The van der Waals surface area contributed by atoms with Crippen LogP contribution in [0.15, 0.2) is 59.7 Å². The number of phenols is 2. The minimum absolute atomic E-state index is 0.209. The van der Waals surface area contributed by atoms with Crippen LogP contribution in [-0.2, 0) is 0 Å². The van der Waals surface area contributed by atoms with Gasteiger partial charge in [0.2, 0.25) is 0 Å². The van der Waals surface area contributed by atoms with E-state index in [1.165, 1.54) is 0 Å². The Morgan fingerprint density at radius 3 is 2.15 bits per heavy atom. The molecule has 3 N–H and O–H groups in total. The summed E-state index contributed by atoms with van der Waals surface area (Å²) < 4.78 is 0. The topological polar surface area (TPSA) is 64.9 Å². The maximum atomic E-state index is 9.56. The van der Waals surface area contributed by atoms with E-state index in [0.29, 0.717) is 12.2 Å². The van der Waals surface area contributed by atoms with Crippen LogP contribution in [0, 0.1) is 0 Å². The first-order chi connectivity index (χ1) is 9.77. The fraction of sp³-hybridized carbons (Fsp3) is 0.0625. The zero-order chi connectivity index (χ0) is 14.2. The average Bonchev–Trinajstić information content (AvgIpc) is 2.46. The maximum absolute atomic E-state index is 9.56. The summed E-state index contributed by atoms with van der Waals surface area (Å²) in [5.41, 5.74) is 1.42. The third kappa shape index (κ3) is 3.88. The molecule has 0 amide bonds. The first-order valence-corrected chi connectivity index (χ1v) is 6.23. The Morgan fingerprint density at radius 1 is 0.900 bits per heavy atom. The zero-order valence-electron chi connectivity index (χ0n) is 10.9. The molecule has 0 bridgehead atoms. The molecule has 0 spiro atoms. The third-order valence-electron chi connectivity index (χ3n) is 2.67. The summed E-state index contributed by atoms with van der Waals surface area (Å²) in [4.78, 5) is 4.15. The summed E-state index contributed by atoms with van der Waals surface area (Å²) in [5, 5.41) is 22.1. The van der Waals surface area contributed by atoms with Crippen LogP contribution in [0.25, 0.3) is 6.08 Å². The molecule has 0 saturated carbocycles. The molecular weight excluding hydrogens is 252 g/mol. The quantitative estimate of drug-likeness (QED) is 0.577. The van der Waals surface area contributed by atoms with Crippen molar-refractivity contribution in [1.82, 2.24) is 5.32 Å². The number of phenolic OH excluding ortho intramolecular Hbond substituents is 2. The molecule has 2 rings (SSSR count). The molecule has 0 heterocycles. The molecule has 0 radical (unpaired) electrons. The van der Waals surface area contributed by atoms with Crippen molar-refractivity contribution in [2.75, 3.05) is 6.67 Å². The van der Waals surface area contributed by atoms with Gasteiger partial charge in [-0.1, -0.05) is 30.3 Å². The predicted molar refractivity (Wildman–Crippen MR) is 80.8 cm³/mol. The van der Waals surface area contributed by atoms with Crippen molar-refractivity contribution in [1.29, 1.82) is 0 Å². The van der Waals surface area contributed by atoms with Crippen LogP contribution < -0.4 is 5.32 Å². The summed E-state index contributed by atoms with van der Waals surface area (Å²) in [5.74, 6) is 0.448. The molecule has 0 saturated heterocycles. The number of hydrogen-bond donors (Lipinski definition) is 3. The molecule has 0 aliphatic heterocycles. The Morgan fingerprint density at radius 2 is 1.50 bits per heavy atom. The van der Waals surface area contributed by atoms with E-state index in [1.54, 1.807) is 48.8 Å². The van der Waals surface area contributed by atoms with Crippen LogP contribution >= 0.6 is 0 Å². The summed E-state index contributed by atoms with van der Waals surface area (Å²) >= 11 is 0. The van der Waals surface area contributed by atoms with Gasteiger partial charge in [0.1, 0.15) is 18.2 Å². The lowest BCUT2D eigenvalue weighted by Crippen LogP contribution is -2.04. The molecule has 0 aliphatic rings. The summed E-state index contributed by atoms with van der Waals surface area (Å²) in [6.07, 6.45) is 5.10. The summed E-state index contributed by atoms with van der Waals surface area (Å²) in [6.45, 7) is 0.387. The molecule has 0 aliphatic carbocycles. The number of aliphatic imine (C=N–C) groups is 1. The fourth-order valence-corrected chi connectivity index (χ4v) is 1.62. The van der Waals surface area contributed by atoms with Gasteiger partial charge in [-0.15, -0.1) is 0 Å². The second kappa shape index (κ2) is 6.99. The highest BCUT2D eigenvalue weighted by Crippen LogP contribution is 2.16. The Bertz CT molecular complexity index is 566. The van der Waals surface area contributed by atoms with Crippen LogP contribution in [0.4, 0.5) is 0 Å². The van der Waals surface area contributed by atoms with Crippen molar-refractivity contribution in [2.45, 2.75) is 0 Å². The molecule has 4 nitrogen and oxygen atoms in total. The Kier molecular flexibility index (Phi) is 4.78. The van der Waals surface area contributed by atoms with Crippen molar-refractivity contribution < 1.29 is 10.2 Å². The van der Waals surface area contributed by atoms with E-state index >= 15 is 0 Å². The van der Waals surface area contributed by atoms with Crippen LogP contribution in [0.3, 0.4) is 0 Å². The minimum atomic E-state index is 0.209. The van der Waals surface area contributed by atoms with Gasteiger partial charge in [0, 0.05) is 17.3 Å². The Hall–Kier alpha value is -2.75. The van der Waals surface area contributed by atoms with Gasteiger partial charge in [0.25, 0.3) is 0 Å². The van der Waals surface area contributed by atoms with Crippen molar-refractivity contribution >= 4 is 12.3 Å². The van der Waals surface area contributed by atoms with E-state index in [0.717, 1.165) is 5.56 Å². The molecular formula is C16H16N2O2. The van der Waals surface area contributed by atoms with E-state index in [9.17, 15) is 10.2 Å². The molecule has 0 atom stereocenters. The number of aromatic hydroxyl groups is 2. The van der Waals surface area contributed by atoms with Crippen LogP contribution in [-0.4, -0.2) is 23.1 Å². The largest absolute Gasteiger partial charge is 0.507 e. The number of benzene rings is 2. The second-order valence-corrected chi connectivity index (χ2v) is 4.12. The predicted octanol–water partition coefficient (Wildman–Crippen LogP) is 2.73. The van der Waals surface area contributed by atoms with Gasteiger partial charge in [0.05, 0.1) is 0 Å². The highest BCUT2D eigenvalue weighted by molar-refractivity contribution is 5.83. The second-order valence-electron chi connectivity index (χ2n) is 4.12. The highest BCUT2D eigenvalue weighted by Gasteiger charge is 1.94. The van der Waals surface area contributed by atoms with Gasteiger partial charge in [-0.25, -0.2) is 0 Å². The Labute approximate surface area is 117 Å². The summed E-state index contributed by atoms with van der Waals surface area (Å²) in [6, 6.07) is 14.1. The van der Waals surface area contributed by atoms with Gasteiger partial charge in [-0.05, 0) is 30.5 Å². The molecule has 0 fully saturated rings. The molecule has 0 aromatic heterocycles. The van der Waals surface area contributed by atoms with Crippen molar-refractivity contribution in [3.8, 4) is 11.5 Å². The highest BCUT2D eigenvalue weighted by atomic mass is 16.3. The maximum Gasteiger partial charge on any atom is 0.124 e. The van der Waals surface area contributed by atoms with Gasteiger partial charge in [-0.3, -0.25) is 4.99 Å². The number of nitrogens with one attached hydrogen (secondary N) is 1. The lowest BCUT2D eigenvalue weighted by molar-refractivity contribution is 0.473. The van der Waals surface area contributed by atoms with Crippen molar-refractivity contribution in [2.24, 2.45) is 4.99 Å². The van der Waals surface area contributed by atoms with Gasteiger partial charge >= 0.3 is 0 Å². The number of rotatable bonds is 5. The SMILES string of the molecule is Oc1ccccc1C=NCN/C=C/c1ccccc1O. The molecule has 2 aromatic carbocycles. The van der Waals surface area contributed by atoms with Crippen LogP contribution in [0.5, 0.6) is 11.5 Å². The monoisotopic (exact) mass is 268 g/mol. The summed E-state index contributed by atoms with van der Waals surface area (Å²) in [7, 11) is 0. The first kappa shape index (κ1) is 13.7. The van der Waals surface area contributed by atoms with Crippen LogP contribution in [0.1, 0.15) is 11.1 Å². The van der Waals surface area contributed by atoms with E-state index in [2.05, 4.69) is 10.3 Å². The zero-order valence-corrected chi connectivity index (χ0v) is 10.9. The third-order valence-corrected chi connectivity index (χ3v) is 2.67. The first-order valence-electron chi connectivity index (χ1n) is 6.23. The molecule has 4 heteroatoms. The molecule has 102 valence electrons. The number of para-hydroxylation sites is 2. The van der Waals surface area contributed by atoms with Gasteiger partial charge < -0.3 is 15.5 Å². The number of hydrogen-bond acceptors (Lipinski definition) is 4. The van der Waals surface area contributed by atoms with Gasteiger partial charge in [0.15, 0.2) is 0 Å². The minimum Gasteiger partial charge on any atom is -0.507 e. The molecule has 0 unspecified atom stereocenters. The standard InChI is InChI=1S/C16H16N2O2/c19-15-7-3-1-5-13(15)9-10-17-12-18-11-14-6-2-4-8-16(14)20/h1-11,17,19-20H,12H2/b10-9+,18-11?. The van der Waals surface area contributed by atoms with E-state index < -0.39 is 0 Å². The number of nitrogens with zero attached hydrogens (tertiary/aromatic N) is 1. The lowest BCUT2D eigenvalue weighted by Gasteiger charge is -1.99.